The molecule has 0 heterocycles. The molecule has 6 nitrogen and oxygen atoms in total. The minimum atomic E-state index is -3.77. The molecule has 0 unspecified atom stereocenters. The van der Waals surface area contributed by atoms with Gasteiger partial charge in [-0.2, -0.15) is 0 Å². The molecule has 1 saturated carbocycles. The number of carbonyl (C=O) groups excluding carboxylic acids is 1. The van der Waals surface area contributed by atoms with Gasteiger partial charge in [-0.05, 0) is 61.7 Å². The van der Waals surface area contributed by atoms with Crippen molar-refractivity contribution in [2.45, 2.75) is 62.8 Å². The minimum absolute atomic E-state index is 0.151. The van der Waals surface area contributed by atoms with Gasteiger partial charge in [-0.25, -0.2) is 8.42 Å². The van der Waals surface area contributed by atoms with Crippen molar-refractivity contribution in [2.24, 2.45) is 0 Å². The van der Waals surface area contributed by atoms with E-state index in [9.17, 15) is 13.2 Å². The first-order chi connectivity index (χ1) is 14.8. The number of nitrogens with zero attached hydrogens (tertiary/aromatic N) is 1. The Kier molecular flexibility index (Phi) is 7.59. The topological polar surface area (TPSA) is 75.7 Å². The highest BCUT2D eigenvalue weighted by molar-refractivity contribution is 7.92. The van der Waals surface area contributed by atoms with Crippen molar-refractivity contribution in [3.8, 4) is 5.75 Å². The highest BCUT2D eigenvalue weighted by Crippen LogP contribution is 2.28. The lowest BCUT2D eigenvalue weighted by Crippen LogP contribution is -2.35. The van der Waals surface area contributed by atoms with Gasteiger partial charge in [-0.1, -0.05) is 38.2 Å². The van der Waals surface area contributed by atoms with Crippen LogP contribution in [0.5, 0.6) is 5.75 Å². The summed E-state index contributed by atoms with van der Waals surface area (Å²) in [7, 11) is -0.726. The lowest BCUT2D eigenvalue weighted by Gasteiger charge is -2.23. The smallest absolute Gasteiger partial charge is 0.264 e. The normalized spacial score (nSPS) is 15.6. The SMILES string of the molecule is COc1ccc(S(=O)(=O)N(C)c2cc(C(=O)NC3CCCCCCC3)ccc2C)cc1. The molecule has 0 aromatic heterocycles. The van der Waals surface area contributed by atoms with Crippen LogP contribution in [-0.2, 0) is 10.0 Å². The molecule has 1 fully saturated rings. The van der Waals surface area contributed by atoms with Crippen molar-refractivity contribution < 1.29 is 17.9 Å². The van der Waals surface area contributed by atoms with E-state index in [0.29, 0.717) is 17.0 Å². The molecule has 0 aliphatic heterocycles. The Labute approximate surface area is 185 Å². The zero-order valence-electron chi connectivity index (χ0n) is 18.6. The van der Waals surface area contributed by atoms with Crippen LogP contribution in [0.25, 0.3) is 0 Å². The molecule has 168 valence electrons. The fraction of sp³-hybridized carbons (Fsp3) is 0.458. The van der Waals surface area contributed by atoms with E-state index in [1.807, 2.05) is 6.92 Å². The first kappa shape index (κ1) is 23.1. The maximum absolute atomic E-state index is 13.1. The van der Waals surface area contributed by atoms with Crippen LogP contribution in [0.4, 0.5) is 5.69 Å². The Morgan fingerprint density at radius 1 is 1.00 bits per heavy atom. The summed E-state index contributed by atoms with van der Waals surface area (Å²) < 4.78 is 32.6. The molecular weight excluding hydrogens is 412 g/mol. The van der Waals surface area contributed by atoms with E-state index in [1.165, 1.54) is 49.9 Å². The van der Waals surface area contributed by atoms with Crippen molar-refractivity contribution in [1.82, 2.24) is 5.32 Å². The van der Waals surface area contributed by atoms with E-state index >= 15 is 0 Å². The van der Waals surface area contributed by atoms with Crippen LogP contribution >= 0.6 is 0 Å². The van der Waals surface area contributed by atoms with Crippen LogP contribution in [0.3, 0.4) is 0 Å². The summed E-state index contributed by atoms with van der Waals surface area (Å²) in [6.45, 7) is 1.84. The van der Waals surface area contributed by atoms with Gasteiger partial charge in [0, 0.05) is 18.7 Å². The second kappa shape index (κ2) is 10.2. The Balaban J connectivity index is 1.81. The van der Waals surface area contributed by atoms with Gasteiger partial charge in [0.1, 0.15) is 5.75 Å². The van der Waals surface area contributed by atoms with Crippen molar-refractivity contribution in [3.63, 3.8) is 0 Å². The Morgan fingerprint density at radius 2 is 1.61 bits per heavy atom. The van der Waals surface area contributed by atoms with E-state index in [4.69, 9.17) is 4.74 Å². The highest BCUT2D eigenvalue weighted by Gasteiger charge is 2.24. The van der Waals surface area contributed by atoms with Crippen LogP contribution in [0.15, 0.2) is 47.4 Å². The molecule has 7 heteroatoms. The van der Waals surface area contributed by atoms with Gasteiger partial charge in [-0.15, -0.1) is 0 Å². The Hall–Kier alpha value is -2.54. The summed E-state index contributed by atoms with van der Waals surface area (Å²) in [5.41, 5.74) is 1.74. The van der Waals surface area contributed by atoms with E-state index in [0.717, 1.165) is 31.2 Å². The van der Waals surface area contributed by atoms with E-state index in [2.05, 4.69) is 5.32 Å². The summed E-state index contributed by atoms with van der Waals surface area (Å²) >= 11 is 0. The zero-order valence-corrected chi connectivity index (χ0v) is 19.4. The minimum Gasteiger partial charge on any atom is -0.497 e. The van der Waals surface area contributed by atoms with Crippen molar-refractivity contribution in [2.75, 3.05) is 18.5 Å². The first-order valence-corrected chi connectivity index (χ1v) is 12.3. The number of methoxy groups -OCH3 is 1. The van der Waals surface area contributed by atoms with Gasteiger partial charge < -0.3 is 10.1 Å². The number of amides is 1. The number of benzene rings is 2. The van der Waals surface area contributed by atoms with Crippen molar-refractivity contribution in [3.05, 3.63) is 53.6 Å². The zero-order chi connectivity index (χ0) is 22.4. The standard InChI is InChI=1S/C24H32N2O4S/c1-18-11-12-19(24(27)25-20-9-7-5-4-6-8-10-20)17-23(18)26(2)31(28,29)22-15-13-21(30-3)14-16-22/h11-17,20H,4-10H2,1-3H3,(H,25,27). The maximum Gasteiger partial charge on any atom is 0.264 e. The first-order valence-electron chi connectivity index (χ1n) is 10.9. The molecule has 1 aliphatic rings. The molecule has 0 radical (unpaired) electrons. The van der Waals surface area contributed by atoms with Crippen molar-refractivity contribution >= 4 is 21.6 Å². The molecule has 0 bridgehead atoms. The average Bonchev–Trinajstić information content (AvgIpc) is 2.75. The fourth-order valence-electron chi connectivity index (χ4n) is 3.99. The monoisotopic (exact) mass is 444 g/mol. The van der Waals surface area contributed by atoms with E-state index < -0.39 is 10.0 Å². The van der Waals surface area contributed by atoms with E-state index in [-0.39, 0.29) is 16.8 Å². The predicted octanol–water partition coefficient (Wildman–Crippen LogP) is 4.67. The molecule has 1 aliphatic carbocycles. The summed E-state index contributed by atoms with van der Waals surface area (Å²) in [5, 5.41) is 3.15. The third-order valence-electron chi connectivity index (χ3n) is 5.97. The third kappa shape index (κ3) is 5.58. The molecule has 0 saturated heterocycles. The number of ether oxygens (including phenoxy) is 1. The van der Waals surface area contributed by atoms with E-state index in [1.54, 1.807) is 30.3 Å². The lowest BCUT2D eigenvalue weighted by atomic mass is 9.96. The summed E-state index contributed by atoms with van der Waals surface area (Å²) in [6, 6.07) is 11.7. The molecule has 2 aromatic rings. The number of nitrogens with one attached hydrogen (secondary N) is 1. The molecule has 1 N–H and O–H groups in total. The van der Waals surface area contributed by atoms with Gasteiger partial charge in [0.2, 0.25) is 0 Å². The Morgan fingerprint density at radius 3 is 2.23 bits per heavy atom. The number of hydrogen-bond donors (Lipinski definition) is 1. The molecule has 2 aromatic carbocycles. The quantitative estimate of drug-likeness (QED) is 0.702. The third-order valence-corrected chi connectivity index (χ3v) is 7.75. The summed E-state index contributed by atoms with van der Waals surface area (Å²) in [4.78, 5) is 13.1. The number of carbonyl (C=O) groups is 1. The number of sulfonamides is 1. The molecule has 0 spiro atoms. The van der Waals surface area contributed by atoms with Gasteiger partial charge in [-0.3, -0.25) is 9.10 Å². The van der Waals surface area contributed by atoms with Gasteiger partial charge >= 0.3 is 0 Å². The number of anilines is 1. The lowest BCUT2D eigenvalue weighted by molar-refractivity contribution is 0.0930. The highest BCUT2D eigenvalue weighted by atomic mass is 32.2. The second-order valence-electron chi connectivity index (χ2n) is 8.16. The molecule has 0 atom stereocenters. The number of aryl methyl sites for hydroxylation is 1. The summed E-state index contributed by atoms with van der Waals surface area (Å²) in [5.74, 6) is 0.438. The van der Waals surface area contributed by atoms with Gasteiger partial charge in [0.05, 0.1) is 17.7 Å². The summed E-state index contributed by atoms with van der Waals surface area (Å²) in [6.07, 6.45) is 7.97. The predicted molar refractivity (Wildman–Crippen MR) is 123 cm³/mol. The van der Waals surface area contributed by atoms with Crippen LogP contribution in [-0.4, -0.2) is 34.5 Å². The maximum atomic E-state index is 13.1. The van der Waals surface area contributed by atoms with Crippen LogP contribution in [0.2, 0.25) is 0 Å². The molecule has 3 rings (SSSR count). The molecular formula is C24H32N2O4S. The van der Waals surface area contributed by atoms with Crippen molar-refractivity contribution in [1.29, 1.82) is 0 Å². The number of hydrogen-bond acceptors (Lipinski definition) is 4. The molecule has 31 heavy (non-hydrogen) atoms. The van der Waals surface area contributed by atoms with Crippen LogP contribution in [0, 0.1) is 6.92 Å². The van der Waals surface area contributed by atoms with Gasteiger partial charge in [0.15, 0.2) is 0 Å². The number of rotatable bonds is 6. The largest absolute Gasteiger partial charge is 0.497 e. The second-order valence-corrected chi connectivity index (χ2v) is 10.1. The van der Waals surface area contributed by atoms with Crippen LogP contribution < -0.4 is 14.4 Å². The average molecular weight is 445 g/mol. The van der Waals surface area contributed by atoms with Gasteiger partial charge in [0.25, 0.3) is 15.9 Å². The fourth-order valence-corrected chi connectivity index (χ4v) is 5.25. The Bertz CT molecular complexity index is 995. The molecule has 1 amide bonds. The van der Waals surface area contributed by atoms with Crippen LogP contribution in [0.1, 0.15) is 60.9 Å².